The fourth-order valence-electron chi connectivity index (χ4n) is 3.80. The van der Waals surface area contributed by atoms with Crippen molar-refractivity contribution in [1.29, 1.82) is 0 Å². The lowest BCUT2D eigenvalue weighted by Crippen LogP contribution is -2.39. The highest BCUT2D eigenvalue weighted by Crippen LogP contribution is 2.24. The smallest absolute Gasteiger partial charge is 0.191 e. The van der Waals surface area contributed by atoms with Gasteiger partial charge in [0.05, 0.1) is 13.2 Å². The van der Waals surface area contributed by atoms with Gasteiger partial charge in [0.2, 0.25) is 0 Å². The number of nitrogens with one attached hydrogen (secondary N) is 2. The summed E-state index contributed by atoms with van der Waals surface area (Å²) in [6.07, 6.45) is 4.84. The molecule has 0 aliphatic carbocycles. The SMILES string of the molecule is CN=C(NCc1ccc(C)cc1OCC1CCOC1)NCC(c1cccnc1)C(C)C. The van der Waals surface area contributed by atoms with Crippen LogP contribution in [0.1, 0.15) is 42.9 Å². The van der Waals surface area contributed by atoms with Crippen LogP contribution in [0.5, 0.6) is 5.75 Å². The number of aryl methyl sites for hydroxylation is 1. The summed E-state index contributed by atoms with van der Waals surface area (Å²) in [5.41, 5.74) is 3.56. The first-order valence-electron chi connectivity index (χ1n) is 11.2. The van der Waals surface area contributed by atoms with Crippen molar-refractivity contribution in [3.8, 4) is 5.75 Å². The van der Waals surface area contributed by atoms with Crippen LogP contribution in [0.15, 0.2) is 47.7 Å². The Balaban J connectivity index is 1.57. The molecule has 1 aliphatic heterocycles. The van der Waals surface area contributed by atoms with Gasteiger partial charge in [-0.3, -0.25) is 9.98 Å². The average molecular weight is 425 g/mol. The second-order valence-electron chi connectivity index (χ2n) is 8.60. The molecule has 0 amide bonds. The lowest BCUT2D eigenvalue weighted by Gasteiger charge is -2.23. The molecule has 6 nitrogen and oxygen atoms in total. The Morgan fingerprint density at radius 2 is 2.16 bits per heavy atom. The van der Waals surface area contributed by atoms with E-state index in [4.69, 9.17) is 9.47 Å². The number of hydrogen-bond donors (Lipinski definition) is 2. The van der Waals surface area contributed by atoms with Crippen molar-refractivity contribution in [3.05, 3.63) is 59.4 Å². The van der Waals surface area contributed by atoms with Crippen molar-refractivity contribution in [2.45, 2.75) is 39.7 Å². The number of pyridine rings is 1. The zero-order valence-corrected chi connectivity index (χ0v) is 19.2. The van der Waals surface area contributed by atoms with Crippen LogP contribution in [-0.2, 0) is 11.3 Å². The van der Waals surface area contributed by atoms with Gasteiger partial charge in [-0.05, 0) is 42.5 Å². The predicted octanol–water partition coefficient (Wildman–Crippen LogP) is 3.91. The Hall–Kier alpha value is -2.60. The third kappa shape index (κ3) is 6.96. The molecule has 0 saturated carbocycles. The molecule has 2 atom stereocenters. The van der Waals surface area contributed by atoms with Crippen LogP contribution < -0.4 is 15.4 Å². The zero-order chi connectivity index (χ0) is 22.1. The summed E-state index contributed by atoms with van der Waals surface area (Å²) in [7, 11) is 1.80. The van der Waals surface area contributed by atoms with E-state index in [1.165, 1.54) is 11.1 Å². The van der Waals surface area contributed by atoms with Crippen LogP contribution in [0.2, 0.25) is 0 Å². The van der Waals surface area contributed by atoms with E-state index in [-0.39, 0.29) is 0 Å². The van der Waals surface area contributed by atoms with E-state index in [2.05, 4.69) is 65.6 Å². The minimum atomic E-state index is 0.360. The molecule has 168 valence electrons. The van der Waals surface area contributed by atoms with Gasteiger partial charge in [-0.2, -0.15) is 0 Å². The fourth-order valence-corrected chi connectivity index (χ4v) is 3.80. The first-order valence-corrected chi connectivity index (χ1v) is 11.2. The standard InChI is InChI=1S/C25H36N4O2/c1-18(2)23(21-6-5-10-27-13-21)15-29-25(26-4)28-14-22-8-7-19(3)12-24(22)31-17-20-9-11-30-16-20/h5-8,10,12-13,18,20,23H,9,11,14-17H2,1-4H3,(H2,26,28,29). The molecule has 2 unspecified atom stereocenters. The summed E-state index contributed by atoms with van der Waals surface area (Å²) < 4.78 is 11.6. The van der Waals surface area contributed by atoms with Crippen molar-refractivity contribution in [2.24, 2.45) is 16.8 Å². The van der Waals surface area contributed by atoms with E-state index in [1.807, 2.05) is 18.5 Å². The number of benzene rings is 1. The van der Waals surface area contributed by atoms with Crippen molar-refractivity contribution in [2.75, 3.05) is 33.4 Å². The molecule has 0 spiro atoms. The lowest BCUT2D eigenvalue weighted by molar-refractivity contribution is 0.166. The molecular weight excluding hydrogens is 388 g/mol. The normalized spacial score (nSPS) is 17.6. The molecule has 1 aromatic carbocycles. The van der Waals surface area contributed by atoms with Crippen molar-refractivity contribution >= 4 is 5.96 Å². The second kappa shape index (κ2) is 11.7. The summed E-state index contributed by atoms with van der Waals surface area (Å²) in [4.78, 5) is 8.68. The van der Waals surface area contributed by atoms with E-state index in [1.54, 1.807) is 7.05 Å². The van der Waals surface area contributed by atoms with Crippen molar-refractivity contribution < 1.29 is 9.47 Å². The molecule has 1 aromatic heterocycles. The Labute approximate surface area is 186 Å². The molecule has 0 bridgehead atoms. The summed E-state index contributed by atoms with van der Waals surface area (Å²) in [6.45, 7) is 10.3. The maximum atomic E-state index is 6.17. The molecule has 31 heavy (non-hydrogen) atoms. The number of aromatic nitrogens is 1. The maximum absolute atomic E-state index is 6.17. The van der Waals surface area contributed by atoms with Gasteiger partial charge in [0.1, 0.15) is 5.75 Å². The number of ether oxygens (including phenoxy) is 2. The van der Waals surface area contributed by atoms with Gasteiger partial charge in [-0.15, -0.1) is 0 Å². The minimum absolute atomic E-state index is 0.360. The fraction of sp³-hybridized carbons (Fsp3) is 0.520. The second-order valence-corrected chi connectivity index (χ2v) is 8.60. The molecule has 3 rings (SSSR count). The first kappa shape index (κ1) is 23.1. The predicted molar refractivity (Wildman–Crippen MR) is 126 cm³/mol. The third-order valence-electron chi connectivity index (χ3n) is 5.80. The van der Waals surface area contributed by atoms with E-state index in [0.717, 1.165) is 43.5 Å². The molecule has 1 fully saturated rings. The molecule has 2 aromatic rings. The molecule has 2 heterocycles. The molecule has 2 N–H and O–H groups in total. The van der Waals surface area contributed by atoms with Crippen LogP contribution in [0.4, 0.5) is 0 Å². The largest absolute Gasteiger partial charge is 0.493 e. The molecule has 6 heteroatoms. The van der Waals surface area contributed by atoms with Crippen LogP contribution >= 0.6 is 0 Å². The minimum Gasteiger partial charge on any atom is -0.493 e. The number of aliphatic imine (C=N–C) groups is 1. The Bertz CT molecular complexity index is 833. The average Bonchev–Trinajstić information content (AvgIpc) is 3.29. The Kier molecular flexibility index (Phi) is 8.71. The van der Waals surface area contributed by atoms with Gasteiger partial charge in [-0.1, -0.05) is 32.0 Å². The number of rotatable bonds is 9. The first-order chi connectivity index (χ1) is 15.1. The number of hydrogen-bond acceptors (Lipinski definition) is 4. The van der Waals surface area contributed by atoms with Crippen LogP contribution in [-0.4, -0.2) is 44.4 Å². The van der Waals surface area contributed by atoms with Gasteiger partial charge in [0.15, 0.2) is 5.96 Å². The van der Waals surface area contributed by atoms with E-state index in [0.29, 0.717) is 30.9 Å². The van der Waals surface area contributed by atoms with Crippen LogP contribution in [0.25, 0.3) is 0 Å². The van der Waals surface area contributed by atoms with E-state index < -0.39 is 0 Å². The summed E-state index contributed by atoms with van der Waals surface area (Å²) in [5, 5.41) is 6.92. The highest BCUT2D eigenvalue weighted by molar-refractivity contribution is 5.79. The lowest BCUT2D eigenvalue weighted by atomic mass is 9.89. The summed E-state index contributed by atoms with van der Waals surface area (Å²) in [6, 6.07) is 10.5. The van der Waals surface area contributed by atoms with Gasteiger partial charge >= 0.3 is 0 Å². The van der Waals surface area contributed by atoms with Gasteiger partial charge in [0.25, 0.3) is 0 Å². The van der Waals surface area contributed by atoms with E-state index in [9.17, 15) is 0 Å². The highest BCUT2D eigenvalue weighted by atomic mass is 16.5. The molecule has 1 aliphatic rings. The zero-order valence-electron chi connectivity index (χ0n) is 19.2. The molecule has 1 saturated heterocycles. The van der Waals surface area contributed by atoms with Gasteiger partial charge < -0.3 is 20.1 Å². The number of guanidine groups is 1. The van der Waals surface area contributed by atoms with Gasteiger partial charge in [-0.25, -0.2) is 0 Å². The number of nitrogens with zero attached hydrogens (tertiary/aromatic N) is 2. The highest BCUT2D eigenvalue weighted by Gasteiger charge is 2.18. The Morgan fingerprint density at radius 3 is 2.84 bits per heavy atom. The quantitative estimate of drug-likeness (QED) is 0.472. The van der Waals surface area contributed by atoms with Crippen molar-refractivity contribution in [3.63, 3.8) is 0 Å². The monoisotopic (exact) mass is 424 g/mol. The van der Waals surface area contributed by atoms with Crippen LogP contribution in [0, 0.1) is 18.8 Å². The topological polar surface area (TPSA) is 67.8 Å². The summed E-state index contributed by atoms with van der Waals surface area (Å²) >= 11 is 0. The Morgan fingerprint density at radius 1 is 1.29 bits per heavy atom. The van der Waals surface area contributed by atoms with Crippen molar-refractivity contribution in [1.82, 2.24) is 15.6 Å². The molecular formula is C25H36N4O2. The summed E-state index contributed by atoms with van der Waals surface area (Å²) in [5.74, 6) is 3.05. The van der Waals surface area contributed by atoms with E-state index >= 15 is 0 Å². The van der Waals surface area contributed by atoms with Crippen LogP contribution in [0.3, 0.4) is 0 Å². The van der Waals surface area contributed by atoms with Gasteiger partial charge in [0, 0.05) is 56.5 Å². The third-order valence-corrected chi connectivity index (χ3v) is 5.80. The molecule has 0 radical (unpaired) electrons. The maximum Gasteiger partial charge on any atom is 0.191 e.